The molecule has 3 aliphatic rings. The molecular weight excluding hydrogens is 704 g/mol. The molecule has 23 nitrogen and oxygen atoms in total. The number of nitrogens with one attached hydrogen (secondary N) is 4. The van der Waals surface area contributed by atoms with Gasteiger partial charge in [-0.2, -0.15) is 0 Å². The molecule has 3 fully saturated rings. The summed E-state index contributed by atoms with van der Waals surface area (Å²) in [6.07, 6.45) is -19.3. The summed E-state index contributed by atoms with van der Waals surface area (Å²) in [5.41, 5.74) is 8.85. The number of carbonyl (C=O) groups is 5. The third kappa shape index (κ3) is 10.1. The molecule has 2 saturated heterocycles. The Morgan fingerprint density at radius 1 is 0.808 bits per heavy atom. The Hall–Kier alpha value is -3.17. The van der Waals surface area contributed by atoms with Crippen molar-refractivity contribution in [2.75, 3.05) is 19.8 Å². The molecule has 16 atom stereocenters. The molecule has 0 bridgehead atoms. The van der Waals surface area contributed by atoms with Crippen molar-refractivity contribution in [2.24, 2.45) is 17.4 Å². The fraction of sp³-hybridized carbons (Fsp3) is 0.828. The van der Waals surface area contributed by atoms with Crippen LogP contribution in [0, 0.1) is 5.92 Å². The van der Waals surface area contributed by atoms with Crippen molar-refractivity contribution in [3.63, 3.8) is 0 Å². The van der Waals surface area contributed by atoms with Crippen LogP contribution in [0.4, 0.5) is 0 Å². The van der Waals surface area contributed by atoms with Crippen LogP contribution >= 0.6 is 0 Å². The maximum atomic E-state index is 12.9. The standard InChI is InChI=1S/C29H50N6O17/c1-9(39)32-13(26(30)47)5-17(42)35-27-18(33-10(2)40)21(45)23(15(7-37)50-27)52-28-24(34-11(3)41)29(31,48)25(16(8-38)51-28)49-14-4-12(6-36)19(43)22(46)20(14)44/h12-16,18-25,27-28,36-38,43-46,48H,4-8,31H2,1-3H3,(H2,30,47)(H,32,39)(H,33,40)(H,34,41)(H,35,42)/t12-,13?,14-,15?,16-,18-,19-,20?,21?,22+,23-,24+,25-,27?,28+,29-/m1/s1. The third-order valence-electron chi connectivity index (χ3n) is 9.04. The van der Waals surface area contributed by atoms with Gasteiger partial charge in [0, 0.05) is 33.3 Å². The van der Waals surface area contributed by atoms with E-state index in [2.05, 4.69) is 21.3 Å². The minimum Gasteiger partial charge on any atom is -0.396 e. The number of hydrogen-bond acceptors (Lipinski definition) is 18. The van der Waals surface area contributed by atoms with E-state index in [0.717, 1.165) is 20.8 Å². The Labute approximate surface area is 296 Å². The predicted octanol–water partition coefficient (Wildman–Crippen LogP) is -8.83. The number of amides is 5. The van der Waals surface area contributed by atoms with Crippen LogP contribution in [-0.4, -0.2) is 182 Å². The molecule has 2 heterocycles. The summed E-state index contributed by atoms with van der Waals surface area (Å²) < 4.78 is 23.4. The van der Waals surface area contributed by atoms with Crippen LogP contribution < -0.4 is 32.7 Å². The second kappa shape index (κ2) is 18.2. The third-order valence-corrected chi connectivity index (χ3v) is 9.04. The van der Waals surface area contributed by atoms with E-state index in [9.17, 15) is 64.8 Å². The number of primary amides is 1. The maximum Gasteiger partial charge on any atom is 0.240 e. The van der Waals surface area contributed by atoms with Crippen molar-refractivity contribution >= 4 is 29.5 Å². The number of hydrogen-bond donors (Lipinski definition) is 14. The molecule has 0 aromatic heterocycles. The molecule has 1 saturated carbocycles. The normalized spacial score (nSPS) is 39.8. The Morgan fingerprint density at radius 2 is 1.42 bits per heavy atom. The van der Waals surface area contributed by atoms with Gasteiger partial charge in [0.15, 0.2) is 18.2 Å². The monoisotopic (exact) mass is 754 g/mol. The zero-order valence-electron chi connectivity index (χ0n) is 28.6. The molecular formula is C29H50N6O17. The SMILES string of the molecule is CC(=O)NC(CC(=O)NC1OC(CO)[C@@H](O[C@@H]2O[C@H](CO)[C@@H](O[C@@H]3C[C@H](CO)[C@@H](O)[C@H](O)C3O)[C@](N)(O)[C@H]2NC(C)=O)C(O)[C@H]1NC(C)=O)C(N)=O. The molecule has 298 valence electrons. The van der Waals surface area contributed by atoms with Gasteiger partial charge in [0.25, 0.3) is 0 Å². The molecule has 0 aromatic carbocycles. The average Bonchev–Trinajstić information content (AvgIpc) is 3.05. The van der Waals surface area contributed by atoms with E-state index in [1.165, 1.54) is 0 Å². The number of aliphatic hydroxyl groups is 8. The second-order valence-corrected chi connectivity index (χ2v) is 13.1. The maximum absolute atomic E-state index is 12.9. The van der Waals surface area contributed by atoms with Crippen LogP contribution in [0.25, 0.3) is 0 Å². The van der Waals surface area contributed by atoms with E-state index in [4.69, 9.17) is 30.4 Å². The quantitative estimate of drug-likeness (QED) is 0.0732. The van der Waals surface area contributed by atoms with Gasteiger partial charge in [-0.25, -0.2) is 0 Å². The first-order valence-electron chi connectivity index (χ1n) is 16.3. The van der Waals surface area contributed by atoms with E-state index < -0.39 is 153 Å². The van der Waals surface area contributed by atoms with Gasteiger partial charge >= 0.3 is 0 Å². The first kappa shape index (κ1) is 43.2. The fourth-order valence-corrected chi connectivity index (χ4v) is 6.46. The zero-order valence-corrected chi connectivity index (χ0v) is 28.6. The molecule has 16 N–H and O–H groups in total. The van der Waals surface area contributed by atoms with Crippen molar-refractivity contribution in [3.05, 3.63) is 0 Å². The summed E-state index contributed by atoms with van der Waals surface area (Å²) in [5.74, 6) is -5.12. The van der Waals surface area contributed by atoms with E-state index in [1.54, 1.807) is 0 Å². The van der Waals surface area contributed by atoms with Gasteiger partial charge in [0.1, 0.15) is 60.9 Å². The van der Waals surface area contributed by atoms with E-state index in [0.29, 0.717) is 0 Å². The molecule has 3 rings (SSSR count). The predicted molar refractivity (Wildman–Crippen MR) is 168 cm³/mol. The Bertz CT molecular complexity index is 1280. The van der Waals surface area contributed by atoms with Gasteiger partial charge in [0.2, 0.25) is 29.5 Å². The second-order valence-electron chi connectivity index (χ2n) is 13.1. The lowest BCUT2D eigenvalue weighted by molar-refractivity contribution is -0.346. The van der Waals surface area contributed by atoms with Gasteiger partial charge in [-0.1, -0.05) is 0 Å². The highest BCUT2D eigenvalue weighted by molar-refractivity contribution is 5.90. The number of rotatable bonds is 14. The molecule has 5 amide bonds. The van der Waals surface area contributed by atoms with Gasteiger partial charge in [0.05, 0.1) is 31.8 Å². The van der Waals surface area contributed by atoms with Crippen LogP contribution in [-0.2, 0) is 42.9 Å². The highest BCUT2D eigenvalue weighted by atomic mass is 16.7. The lowest BCUT2D eigenvalue weighted by Crippen LogP contribution is -2.78. The molecule has 2 aliphatic heterocycles. The first-order chi connectivity index (χ1) is 24.3. The molecule has 0 aromatic rings. The van der Waals surface area contributed by atoms with Gasteiger partial charge < -0.3 is 86.8 Å². The van der Waals surface area contributed by atoms with Gasteiger partial charge in [-0.15, -0.1) is 0 Å². The molecule has 0 radical (unpaired) electrons. The van der Waals surface area contributed by atoms with Crippen molar-refractivity contribution in [1.82, 2.24) is 21.3 Å². The minimum atomic E-state index is -2.73. The molecule has 52 heavy (non-hydrogen) atoms. The number of nitrogens with two attached hydrogens (primary N) is 2. The largest absolute Gasteiger partial charge is 0.396 e. The summed E-state index contributed by atoms with van der Waals surface area (Å²) in [6, 6.07) is -4.76. The molecule has 5 unspecified atom stereocenters. The highest BCUT2D eigenvalue weighted by Gasteiger charge is 2.59. The van der Waals surface area contributed by atoms with Crippen molar-refractivity contribution < 1.29 is 83.8 Å². The number of aliphatic hydroxyl groups excluding tert-OH is 7. The summed E-state index contributed by atoms with van der Waals surface area (Å²) >= 11 is 0. The lowest BCUT2D eigenvalue weighted by Gasteiger charge is -2.53. The van der Waals surface area contributed by atoms with Crippen molar-refractivity contribution in [3.8, 4) is 0 Å². The number of ether oxygens (including phenoxy) is 4. The topological polar surface area (TPSA) is 384 Å². The summed E-state index contributed by atoms with van der Waals surface area (Å²) in [5, 5.41) is 93.7. The van der Waals surface area contributed by atoms with E-state index >= 15 is 0 Å². The smallest absolute Gasteiger partial charge is 0.240 e. The van der Waals surface area contributed by atoms with Gasteiger partial charge in [-0.3, -0.25) is 29.7 Å². The lowest BCUT2D eigenvalue weighted by atomic mass is 9.80. The zero-order chi connectivity index (χ0) is 39.2. The van der Waals surface area contributed by atoms with E-state index in [-0.39, 0.29) is 6.42 Å². The van der Waals surface area contributed by atoms with E-state index in [1.807, 2.05) is 0 Å². The molecule has 0 spiro atoms. The summed E-state index contributed by atoms with van der Waals surface area (Å²) in [6.45, 7) is 0.750. The van der Waals surface area contributed by atoms with Crippen molar-refractivity contribution in [1.29, 1.82) is 0 Å². The van der Waals surface area contributed by atoms with Gasteiger partial charge in [-0.05, 0) is 6.42 Å². The average molecular weight is 755 g/mol. The van der Waals surface area contributed by atoms with Crippen LogP contribution in [0.1, 0.15) is 33.6 Å². The Kier molecular flexibility index (Phi) is 15.2. The fourth-order valence-electron chi connectivity index (χ4n) is 6.46. The van der Waals surface area contributed by atoms with Crippen molar-refractivity contribution in [2.45, 2.75) is 125 Å². The molecule has 23 heteroatoms. The highest BCUT2D eigenvalue weighted by Crippen LogP contribution is 2.36. The summed E-state index contributed by atoms with van der Waals surface area (Å²) in [7, 11) is 0. The van der Waals surface area contributed by atoms with Crippen LogP contribution in [0.3, 0.4) is 0 Å². The van der Waals surface area contributed by atoms with Crippen LogP contribution in [0.5, 0.6) is 0 Å². The summed E-state index contributed by atoms with van der Waals surface area (Å²) in [4.78, 5) is 60.5. The van der Waals surface area contributed by atoms with Crippen LogP contribution in [0.2, 0.25) is 0 Å². The Balaban J connectivity index is 1.90. The molecule has 1 aliphatic carbocycles. The van der Waals surface area contributed by atoms with Crippen LogP contribution in [0.15, 0.2) is 0 Å². The Morgan fingerprint density at radius 3 is 1.94 bits per heavy atom. The first-order valence-corrected chi connectivity index (χ1v) is 16.3. The number of carbonyl (C=O) groups excluding carboxylic acids is 5. The minimum absolute atomic E-state index is 0.242.